The van der Waals surface area contributed by atoms with E-state index in [1.54, 1.807) is 22.9 Å². The first kappa shape index (κ1) is 20.7. The average Bonchev–Trinajstić information content (AvgIpc) is 3.17. The number of carbonyl (C=O) groups is 1. The number of aromatic nitrogens is 4. The molecule has 2 aromatic carbocycles. The van der Waals surface area contributed by atoms with Crippen molar-refractivity contribution in [2.75, 3.05) is 24.3 Å². The van der Waals surface area contributed by atoms with Crippen LogP contribution >= 0.6 is 11.8 Å². The molecular weight excluding hydrogens is 390 g/mol. The highest BCUT2D eigenvalue weighted by Crippen LogP contribution is 2.31. The Labute approximate surface area is 173 Å². The Bertz CT molecular complexity index is 976. The number of anilines is 1. The van der Waals surface area contributed by atoms with Crippen molar-refractivity contribution in [2.45, 2.75) is 25.9 Å². The maximum absolute atomic E-state index is 12.4. The van der Waals surface area contributed by atoms with Gasteiger partial charge in [-0.1, -0.05) is 30.0 Å². The van der Waals surface area contributed by atoms with Crippen molar-refractivity contribution in [3.8, 4) is 17.2 Å². The molecule has 3 rings (SSSR count). The van der Waals surface area contributed by atoms with Crippen LogP contribution in [0.15, 0.2) is 47.6 Å². The van der Waals surface area contributed by atoms with Crippen LogP contribution in [0.5, 0.6) is 11.5 Å². The monoisotopic (exact) mass is 413 g/mol. The molecule has 29 heavy (non-hydrogen) atoms. The highest BCUT2D eigenvalue weighted by molar-refractivity contribution is 7.99. The molecule has 0 bridgehead atoms. The smallest absolute Gasteiger partial charge is 0.234 e. The van der Waals surface area contributed by atoms with Gasteiger partial charge in [-0.05, 0) is 55.0 Å². The van der Waals surface area contributed by atoms with Crippen LogP contribution in [0.2, 0.25) is 0 Å². The molecule has 0 saturated carbocycles. The summed E-state index contributed by atoms with van der Waals surface area (Å²) in [6.45, 7) is 6.84. The fourth-order valence-corrected chi connectivity index (χ4v) is 3.36. The number of thioether (sulfide) groups is 1. The van der Waals surface area contributed by atoms with Crippen LogP contribution in [-0.2, 0) is 4.79 Å². The van der Waals surface area contributed by atoms with E-state index >= 15 is 0 Å². The summed E-state index contributed by atoms with van der Waals surface area (Å²) in [5.74, 6) is 1.26. The quantitative estimate of drug-likeness (QED) is 0.537. The van der Waals surface area contributed by atoms with Crippen LogP contribution in [0.1, 0.15) is 19.4 Å². The Morgan fingerprint density at radius 2 is 1.86 bits per heavy atom. The van der Waals surface area contributed by atoms with Gasteiger partial charge in [0.1, 0.15) is 0 Å². The van der Waals surface area contributed by atoms with Crippen LogP contribution in [0.25, 0.3) is 5.69 Å². The lowest BCUT2D eigenvalue weighted by atomic mass is 10.2. The number of nitrogens with one attached hydrogen (secondary N) is 1. The number of hydrogen-bond donors (Lipinski definition) is 1. The van der Waals surface area contributed by atoms with Gasteiger partial charge in [0.15, 0.2) is 11.5 Å². The first-order valence-electron chi connectivity index (χ1n) is 9.29. The number of ether oxygens (including phenoxy) is 2. The molecule has 0 spiro atoms. The number of rotatable bonds is 9. The van der Waals surface area contributed by atoms with E-state index in [4.69, 9.17) is 9.47 Å². The summed E-state index contributed by atoms with van der Waals surface area (Å²) >= 11 is 1.27. The minimum Gasteiger partial charge on any atom is -0.490 e. The molecule has 0 saturated heterocycles. The molecule has 152 valence electrons. The number of benzene rings is 2. The summed E-state index contributed by atoms with van der Waals surface area (Å²) in [6.07, 6.45) is 0. The van der Waals surface area contributed by atoms with Gasteiger partial charge in [-0.25, -0.2) is 0 Å². The molecule has 8 nitrogen and oxygen atoms in total. The second-order valence-electron chi connectivity index (χ2n) is 6.02. The van der Waals surface area contributed by atoms with Gasteiger partial charge in [-0.15, -0.1) is 5.10 Å². The van der Waals surface area contributed by atoms with Crippen molar-refractivity contribution in [2.24, 2.45) is 0 Å². The highest BCUT2D eigenvalue weighted by Gasteiger charge is 2.14. The zero-order valence-electron chi connectivity index (χ0n) is 16.6. The van der Waals surface area contributed by atoms with Crippen molar-refractivity contribution in [3.05, 3.63) is 48.0 Å². The molecule has 1 aromatic heterocycles. The number of tetrazole rings is 1. The van der Waals surface area contributed by atoms with Crippen LogP contribution in [-0.4, -0.2) is 45.1 Å². The summed E-state index contributed by atoms with van der Waals surface area (Å²) in [7, 11) is 0. The van der Waals surface area contributed by atoms with Gasteiger partial charge in [0, 0.05) is 11.8 Å². The van der Waals surface area contributed by atoms with E-state index < -0.39 is 0 Å². The minimum atomic E-state index is -0.166. The second-order valence-corrected chi connectivity index (χ2v) is 6.97. The van der Waals surface area contributed by atoms with Crippen LogP contribution in [0.3, 0.4) is 0 Å². The maximum Gasteiger partial charge on any atom is 0.234 e. The fourth-order valence-electron chi connectivity index (χ4n) is 2.68. The number of para-hydroxylation sites is 1. The number of nitrogens with zero attached hydrogens (tertiary/aromatic N) is 4. The first-order chi connectivity index (χ1) is 14.1. The minimum absolute atomic E-state index is 0.166. The van der Waals surface area contributed by atoms with E-state index in [1.807, 2.05) is 45.0 Å². The molecule has 0 aliphatic rings. The van der Waals surface area contributed by atoms with Crippen LogP contribution in [0, 0.1) is 6.92 Å². The molecular formula is C20H23N5O3S. The molecule has 0 fully saturated rings. The molecule has 0 radical (unpaired) electrons. The Kier molecular flexibility index (Phi) is 7.07. The molecule has 0 unspecified atom stereocenters. The molecule has 0 aliphatic heterocycles. The molecule has 9 heteroatoms. The van der Waals surface area contributed by atoms with Crippen LogP contribution in [0.4, 0.5) is 5.69 Å². The van der Waals surface area contributed by atoms with Gasteiger partial charge in [0.2, 0.25) is 11.1 Å². The molecule has 0 atom stereocenters. The molecule has 0 aliphatic carbocycles. The van der Waals surface area contributed by atoms with Crippen molar-refractivity contribution < 1.29 is 14.3 Å². The SMILES string of the molecule is CCOc1ccc(NC(=O)CSc2nnnn2-c2ccccc2C)cc1OCC. The number of hydrogen-bond acceptors (Lipinski definition) is 7. The summed E-state index contributed by atoms with van der Waals surface area (Å²) in [4.78, 5) is 12.4. The van der Waals surface area contributed by atoms with Crippen molar-refractivity contribution in [1.82, 2.24) is 20.2 Å². The van der Waals surface area contributed by atoms with E-state index in [0.717, 1.165) is 11.3 Å². The van der Waals surface area contributed by atoms with E-state index in [-0.39, 0.29) is 11.7 Å². The van der Waals surface area contributed by atoms with E-state index in [0.29, 0.717) is 35.6 Å². The van der Waals surface area contributed by atoms with Crippen molar-refractivity contribution in [3.63, 3.8) is 0 Å². The summed E-state index contributed by atoms with van der Waals surface area (Å²) in [5, 5.41) is 15.2. The summed E-state index contributed by atoms with van der Waals surface area (Å²) in [6, 6.07) is 13.1. The Hall–Kier alpha value is -3.07. The third-order valence-electron chi connectivity index (χ3n) is 3.94. The number of amides is 1. The van der Waals surface area contributed by atoms with Gasteiger partial charge in [0.05, 0.1) is 24.7 Å². The van der Waals surface area contributed by atoms with E-state index in [2.05, 4.69) is 20.8 Å². The third-order valence-corrected chi connectivity index (χ3v) is 4.86. The highest BCUT2D eigenvalue weighted by atomic mass is 32.2. The second kappa shape index (κ2) is 9.92. The molecule has 1 heterocycles. The van der Waals surface area contributed by atoms with Gasteiger partial charge in [-0.3, -0.25) is 4.79 Å². The largest absolute Gasteiger partial charge is 0.490 e. The summed E-state index contributed by atoms with van der Waals surface area (Å²) < 4.78 is 12.8. The lowest BCUT2D eigenvalue weighted by molar-refractivity contribution is -0.113. The third kappa shape index (κ3) is 5.26. The van der Waals surface area contributed by atoms with Crippen molar-refractivity contribution >= 4 is 23.4 Å². The van der Waals surface area contributed by atoms with E-state index in [1.165, 1.54) is 11.8 Å². The average molecular weight is 414 g/mol. The van der Waals surface area contributed by atoms with Gasteiger partial charge >= 0.3 is 0 Å². The predicted octanol–water partition coefficient (Wildman–Crippen LogP) is 3.50. The molecule has 1 N–H and O–H groups in total. The first-order valence-corrected chi connectivity index (χ1v) is 10.3. The van der Waals surface area contributed by atoms with Crippen LogP contribution < -0.4 is 14.8 Å². The summed E-state index contributed by atoms with van der Waals surface area (Å²) in [5.41, 5.74) is 2.57. The lowest BCUT2D eigenvalue weighted by Crippen LogP contribution is -2.15. The van der Waals surface area contributed by atoms with Gasteiger partial charge in [0.25, 0.3) is 0 Å². The number of aryl methyl sites for hydroxylation is 1. The zero-order valence-corrected chi connectivity index (χ0v) is 17.4. The Balaban J connectivity index is 1.65. The zero-order chi connectivity index (χ0) is 20.6. The molecule has 3 aromatic rings. The predicted molar refractivity (Wildman–Crippen MR) is 112 cm³/mol. The lowest BCUT2D eigenvalue weighted by Gasteiger charge is -2.13. The number of carbonyl (C=O) groups excluding carboxylic acids is 1. The Morgan fingerprint density at radius 1 is 1.10 bits per heavy atom. The standard InChI is InChI=1S/C20H23N5O3S/c1-4-27-17-11-10-15(12-18(17)28-5-2)21-19(26)13-29-20-22-23-24-25(20)16-9-7-6-8-14(16)3/h6-12H,4-5,13H2,1-3H3,(H,21,26). The van der Waals surface area contributed by atoms with Gasteiger partial charge < -0.3 is 14.8 Å². The topological polar surface area (TPSA) is 91.2 Å². The van der Waals surface area contributed by atoms with Gasteiger partial charge in [-0.2, -0.15) is 4.68 Å². The fraction of sp³-hybridized carbons (Fsp3) is 0.300. The normalized spacial score (nSPS) is 10.6. The molecule has 1 amide bonds. The Morgan fingerprint density at radius 3 is 2.62 bits per heavy atom. The van der Waals surface area contributed by atoms with Crippen molar-refractivity contribution in [1.29, 1.82) is 0 Å². The maximum atomic E-state index is 12.4. The van der Waals surface area contributed by atoms with E-state index in [9.17, 15) is 4.79 Å².